The van der Waals surface area contributed by atoms with Crippen molar-refractivity contribution >= 4 is 11.9 Å². The Morgan fingerprint density at radius 2 is 1.89 bits per heavy atom. The number of carbonyl (C=O) groups excluding carboxylic acids is 2. The second kappa shape index (κ2) is 14.3. The van der Waals surface area contributed by atoms with Crippen LogP contribution in [0.2, 0.25) is 0 Å². The van der Waals surface area contributed by atoms with Crippen molar-refractivity contribution in [2.24, 2.45) is 0 Å². The fraction of sp³-hybridized carbons (Fsp3) is 0.379. The fourth-order valence-corrected chi connectivity index (χ4v) is 4.15. The third-order valence-corrected chi connectivity index (χ3v) is 5.83. The molecule has 0 aliphatic carbocycles. The molecule has 0 saturated carbocycles. The van der Waals surface area contributed by atoms with E-state index < -0.39 is 29.8 Å². The van der Waals surface area contributed by atoms with Crippen molar-refractivity contribution in [2.75, 3.05) is 6.61 Å². The highest BCUT2D eigenvalue weighted by Gasteiger charge is 2.26. The third kappa shape index (κ3) is 8.12. The summed E-state index contributed by atoms with van der Waals surface area (Å²) in [5, 5.41) is 12.6. The van der Waals surface area contributed by atoms with Crippen LogP contribution in [0, 0.1) is 18.6 Å². The number of halogens is 2. The van der Waals surface area contributed by atoms with Crippen LogP contribution in [-0.4, -0.2) is 29.7 Å². The van der Waals surface area contributed by atoms with E-state index in [1.54, 1.807) is 26.0 Å². The molecule has 0 fully saturated rings. The van der Waals surface area contributed by atoms with Crippen molar-refractivity contribution in [3.8, 4) is 11.1 Å². The van der Waals surface area contributed by atoms with Crippen LogP contribution in [0.1, 0.15) is 61.8 Å². The molecule has 7 heteroatoms. The van der Waals surface area contributed by atoms with Gasteiger partial charge in [0, 0.05) is 12.0 Å². The van der Waals surface area contributed by atoms with Crippen molar-refractivity contribution in [3.63, 3.8) is 0 Å². The summed E-state index contributed by atoms with van der Waals surface area (Å²) in [6.45, 7) is 10.8. The molecular formula is C29H35F2NO4. The summed E-state index contributed by atoms with van der Waals surface area (Å²) in [7, 11) is 0. The summed E-state index contributed by atoms with van der Waals surface area (Å²) >= 11 is 0. The molecule has 0 saturated heterocycles. The predicted molar refractivity (Wildman–Crippen MR) is 137 cm³/mol. The Kier molecular flexibility index (Phi) is 11.5. The van der Waals surface area contributed by atoms with Crippen molar-refractivity contribution in [3.05, 3.63) is 84.0 Å². The summed E-state index contributed by atoms with van der Waals surface area (Å²) in [6, 6.07) is 6.26. The Labute approximate surface area is 211 Å². The lowest BCUT2D eigenvalue weighted by molar-refractivity contribution is -0.144. The first-order valence-electron chi connectivity index (χ1n) is 12.2. The number of benzene rings is 2. The summed E-state index contributed by atoms with van der Waals surface area (Å²) in [5.74, 6) is -2.35. The number of hydrogen-bond acceptors (Lipinski definition) is 4. The van der Waals surface area contributed by atoms with E-state index in [-0.39, 0.29) is 30.8 Å². The van der Waals surface area contributed by atoms with Crippen LogP contribution in [0.3, 0.4) is 0 Å². The van der Waals surface area contributed by atoms with Crippen LogP contribution < -0.4 is 5.32 Å². The fourth-order valence-electron chi connectivity index (χ4n) is 4.15. The first kappa shape index (κ1) is 28.9. The average Bonchev–Trinajstić information content (AvgIpc) is 2.82. The normalized spacial score (nSPS) is 12.5. The highest BCUT2D eigenvalue weighted by Crippen LogP contribution is 2.33. The van der Waals surface area contributed by atoms with Gasteiger partial charge in [-0.3, -0.25) is 9.59 Å². The van der Waals surface area contributed by atoms with E-state index in [2.05, 4.69) is 18.5 Å². The maximum atomic E-state index is 15.1. The van der Waals surface area contributed by atoms with Gasteiger partial charge in [0.25, 0.3) is 0 Å². The van der Waals surface area contributed by atoms with E-state index in [1.807, 2.05) is 6.08 Å². The summed E-state index contributed by atoms with van der Waals surface area (Å²) in [6.07, 6.45) is 4.75. The number of amides is 1. The monoisotopic (exact) mass is 499 g/mol. The number of allylic oxidation sites excluding steroid dienone is 1. The van der Waals surface area contributed by atoms with Gasteiger partial charge in [0.1, 0.15) is 17.7 Å². The molecule has 0 bridgehead atoms. The minimum Gasteiger partial charge on any atom is -0.466 e. The number of rotatable bonds is 14. The van der Waals surface area contributed by atoms with Crippen molar-refractivity contribution in [1.82, 2.24) is 5.32 Å². The number of esters is 1. The molecule has 194 valence electrons. The smallest absolute Gasteiger partial charge is 0.308 e. The van der Waals surface area contributed by atoms with Gasteiger partial charge < -0.3 is 15.2 Å². The van der Waals surface area contributed by atoms with Gasteiger partial charge in [-0.15, -0.1) is 13.2 Å². The standard InChI is InChI=1S/C29H35F2NO4/c1-5-8-9-10-12-20-16-22(30)15-19(4)28(20)21-13-14-24(31)23(17-21)25(18-27(34)36-7-3)32-29(35)26(33)11-6-2/h5-6,13-17,25-26,33H,1-2,7-12,18H2,3-4H3,(H,32,35)/t25-,26+/m0/s1. The lowest BCUT2D eigenvalue weighted by Gasteiger charge is -2.22. The van der Waals surface area contributed by atoms with Gasteiger partial charge in [0.2, 0.25) is 5.91 Å². The van der Waals surface area contributed by atoms with E-state index in [0.29, 0.717) is 17.5 Å². The van der Waals surface area contributed by atoms with Crippen LogP contribution in [-0.2, 0) is 20.7 Å². The Morgan fingerprint density at radius 1 is 1.14 bits per heavy atom. The molecule has 36 heavy (non-hydrogen) atoms. The van der Waals surface area contributed by atoms with Crippen LogP contribution in [0.5, 0.6) is 0 Å². The summed E-state index contributed by atoms with van der Waals surface area (Å²) < 4.78 is 34.3. The highest BCUT2D eigenvalue weighted by molar-refractivity contribution is 5.82. The molecule has 0 heterocycles. The summed E-state index contributed by atoms with van der Waals surface area (Å²) in [4.78, 5) is 24.8. The highest BCUT2D eigenvalue weighted by atomic mass is 19.1. The van der Waals surface area contributed by atoms with E-state index in [1.165, 1.54) is 24.3 Å². The quantitative estimate of drug-likeness (QED) is 0.193. The molecule has 2 N–H and O–H groups in total. The minimum atomic E-state index is -1.39. The lowest BCUT2D eigenvalue weighted by atomic mass is 9.89. The molecule has 0 aliphatic heterocycles. The van der Waals surface area contributed by atoms with Gasteiger partial charge >= 0.3 is 5.97 Å². The number of nitrogens with one attached hydrogen (secondary N) is 1. The van der Waals surface area contributed by atoms with E-state index in [4.69, 9.17) is 4.74 Å². The van der Waals surface area contributed by atoms with E-state index >= 15 is 4.39 Å². The molecule has 2 atom stereocenters. The Balaban J connectivity index is 2.51. The number of ether oxygens (including phenoxy) is 1. The molecule has 0 unspecified atom stereocenters. The van der Waals surface area contributed by atoms with Crippen molar-refractivity contribution in [1.29, 1.82) is 0 Å². The van der Waals surface area contributed by atoms with Gasteiger partial charge in [-0.1, -0.05) is 18.2 Å². The second-order valence-electron chi connectivity index (χ2n) is 8.64. The molecular weight excluding hydrogens is 464 g/mol. The van der Waals surface area contributed by atoms with Gasteiger partial charge in [-0.05, 0) is 86.1 Å². The van der Waals surface area contributed by atoms with Gasteiger partial charge in [-0.25, -0.2) is 8.78 Å². The SMILES string of the molecule is C=CCCCCc1cc(F)cc(C)c1-c1ccc(F)c([C@H](CC(=O)OCC)NC(=O)[C@H](O)CC=C)c1. The summed E-state index contributed by atoms with van der Waals surface area (Å²) in [5.41, 5.74) is 2.97. The molecule has 0 aliphatic rings. The number of aliphatic hydroxyl groups excluding tert-OH is 1. The number of aliphatic hydroxyl groups is 1. The zero-order valence-electron chi connectivity index (χ0n) is 21.0. The maximum absolute atomic E-state index is 15.1. The van der Waals surface area contributed by atoms with Gasteiger partial charge in [-0.2, -0.15) is 0 Å². The Bertz CT molecular complexity index is 1080. The number of aryl methyl sites for hydroxylation is 2. The zero-order valence-corrected chi connectivity index (χ0v) is 21.0. The van der Waals surface area contributed by atoms with Crippen molar-refractivity contribution in [2.45, 2.75) is 64.5 Å². The topological polar surface area (TPSA) is 75.6 Å². The van der Waals surface area contributed by atoms with Crippen LogP contribution in [0.15, 0.2) is 55.6 Å². The maximum Gasteiger partial charge on any atom is 0.308 e. The van der Waals surface area contributed by atoms with Crippen LogP contribution in [0.25, 0.3) is 11.1 Å². The lowest BCUT2D eigenvalue weighted by Crippen LogP contribution is -2.38. The first-order chi connectivity index (χ1) is 17.2. The average molecular weight is 500 g/mol. The predicted octanol–water partition coefficient (Wildman–Crippen LogP) is 5.89. The van der Waals surface area contributed by atoms with E-state index in [0.717, 1.165) is 30.4 Å². The molecule has 2 rings (SSSR count). The molecule has 2 aromatic carbocycles. The van der Waals surface area contributed by atoms with Gasteiger partial charge in [0.15, 0.2) is 0 Å². The van der Waals surface area contributed by atoms with E-state index in [9.17, 15) is 19.1 Å². The number of hydrogen-bond donors (Lipinski definition) is 2. The molecule has 2 aromatic rings. The van der Waals surface area contributed by atoms with Gasteiger partial charge in [0.05, 0.1) is 19.1 Å². The Hall–Kier alpha value is -3.32. The minimum absolute atomic E-state index is 0.00443. The van der Waals surface area contributed by atoms with Crippen LogP contribution >= 0.6 is 0 Å². The first-order valence-corrected chi connectivity index (χ1v) is 12.2. The zero-order chi connectivity index (χ0) is 26.7. The Morgan fingerprint density at radius 3 is 2.56 bits per heavy atom. The van der Waals surface area contributed by atoms with Crippen LogP contribution in [0.4, 0.5) is 8.78 Å². The molecule has 5 nitrogen and oxygen atoms in total. The molecule has 0 aromatic heterocycles. The van der Waals surface area contributed by atoms with Crippen molar-refractivity contribution < 1.29 is 28.2 Å². The largest absolute Gasteiger partial charge is 0.466 e. The molecule has 0 radical (unpaired) electrons. The molecule has 1 amide bonds. The number of carbonyl (C=O) groups is 2. The second-order valence-corrected chi connectivity index (χ2v) is 8.64. The third-order valence-electron chi connectivity index (χ3n) is 5.83. The number of unbranched alkanes of at least 4 members (excludes halogenated alkanes) is 2. The molecule has 0 spiro atoms.